The smallest absolute Gasteiger partial charge is 0.239 e. The predicted molar refractivity (Wildman–Crippen MR) is 99.3 cm³/mol. The highest BCUT2D eigenvalue weighted by Crippen LogP contribution is 2.40. The number of hydrogen-bond acceptors (Lipinski definition) is 4. The average Bonchev–Trinajstić information content (AvgIpc) is 3.20. The number of halogens is 3. The molecule has 1 unspecified atom stereocenters. The summed E-state index contributed by atoms with van der Waals surface area (Å²) < 4.78 is 1.95. The van der Waals surface area contributed by atoms with E-state index in [-0.39, 0.29) is 43.1 Å². The van der Waals surface area contributed by atoms with Gasteiger partial charge in [0.05, 0.1) is 18.8 Å². The van der Waals surface area contributed by atoms with Crippen molar-refractivity contribution in [1.82, 2.24) is 20.0 Å². The first-order valence-electron chi connectivity index (χ1n) is 7.50. The third-order valence-corrected chi connectivity index (χ3v) is 4.20. The molecule has 0 radical (unpaired) electrons. The van der Waals surface area contributed by atoms with Crippen LogP contribution in [0.5, 0.6) is 0 Å². The molecule has 1 aromatic rings. The van der Waals surface area contributed by atoms with Crippen molar-refractivity contribution in [1.29, 1.82) is 0 Å². The number of rotatable bonds is 5. The van der Waals surface area contributed by atoms with Gasteiger partial charge < -0.3 is 10.6 Å². The largest absolute Gasteiger partial charge is 0.314 e. The topological polar surface area (TPSA) is 62.2 Å². The van der Waals surface area contributed by atoms with E-state index in [4.69, 9.17) is 0 Å². The van der Waals surface area contributed by atoms with Crippen molar-refractivity contribution in [3.05, 3.63) is 12.3 Å². The molecule has 1 aromatic heterocycles. The first-order chi connectivity index (χ1) is 9.74. The van der Waals surface area contributed by atoms with Crippen molar-refractivity contribution < 1.29 is 4.79 Å². The fourth-order valence-electron chi connectivity index (χ4n) is 2.77. The van der Waals surface area contributed by atoms with E-state index in [9.17, 15) is 4.79 Å². The maximum Gasteiger partial charge on any atom is 0.239 e. The summed E-state index contributed by atoms with van der Waals surface area (Å²) in [4.78, 5) is 14.3. The van der Waals surface area contributed by atoms with Crippen LogP contribution in [0.15, 0.2) is 12.3 Å². The second kappa shape index (κ2) is 10.4. The van der Waals surface area contributed by atoms with Gasteiger partial charge in [-0.2, -0.15) is 5.10 Å². The van der Waals surface area contributed by atoms with Gasteiger partial charge in [0.25, 0.3) is 0 Å². The van der Waals surface area contributed by atoms with Crippen LogP contribution in [0.3, 0.4) is 0 Å². The monoisotopic (exact) mass is 385 g/mol. The van der Waals surface area contributed by atoms with E-state index in [1.165, 1.54) is 12.8 Å². The van der Waals surface area contributed by atoms with Crippen LogP contribution < -0.4 is 10.6 Å². The van der Waals surface area contributed by atoms with Gasteiger partial charge in [0.15, 0.2) is 0 Å². The Morgan fingerprint density at radius 1 is 1.35 bits per heavy atom. The molecule has 1 atom stereocenters. The van der Waals surface area contributed by atoms with Crippen LogP contribution in [0, 0.1) is 5.92 Å². The Balaban J connectivity index is 0.00000161. The highest BCUT2D eigenvalue weighted by molar-refractivity contribution is 5.91. The molecule has 0 aromatic carbocycles. The zero-order valence-corrected chi connectivity index (χ0v) is 15.7. The molecule has 0 bridgehead atoms. The average molecular weight is 387 g/mol. The number of hydrogen-bond donors (Lipinski definition) is 2. The molecule has 1 amide bonds. The predicted octanol–water partition coefficient (Wildman–Crippen LogP) is 1.96. The quantitative estimate of drug-likeness (QED) is 0.812. The molecule has 2 N–H and O–H groups in total. The minimum Gasteiger partial charge on any atom is -0.314 e. The second-order valence-corrected chi connectivity index (χ2v) is 5.81. The maximum atomic E-state index is 12.1. The van der Waals surface area contributed by atoms with Crippen LogP contribution in [-0.4, -0.2) is 53.3 Å². The second-order valence-electron chi connectivity index (χ2n) is 5.81. The van der Waals surface area contributed by atoms with Gasteiger partial charge in [0.1, 0.15) is 5.82 Å². The van der Waals surface area contributed by atoms with Crippen LogP contribution in [0.2, 0.25) is 0 Å². The third kappa shape index (κ3) is 6.12. The lowest BCUT2D eigenvalue weighted by atomic mass is 10.2. The first-order valence-corrected chi connectivity index (χ1v) is 7.50. The molecule has 1 aliphatic heterocycles. The van der Waals surface area contributed by atoms with Crippen LogP contribution in [0.4, 0.5) is 5.82 Å². The van der Waals surface area contributed by atoms with Gasteiger partial charge in [-0.3, -0.25) is 9.69 Å². The number of nitrogens with zero attached hydrogens (tertiary/aromatic N) is 3. The molecule has 1 saturated heterocycles. The Morgan fingerprint density at radius 2 is 2.00 bits per heavy atom. The van der Waals surface area contributed by atoms with E-state index in [1.807, 2.05) is 10.7 Å². The fraction of sp³-hybridized carbons (Fsp3) is 0.714. The molecule has 9 heteroatoms. The lowest BCUT2D eigenvalue weighted by molar-refractivity contribution is -0.117. The molecule has 1 saturated carbocycles. The highest BCUT2D eigenvalue weighted by atomic mass is 35.5. The minimum absolute atomic E-state index is 0. The zero-order chi connectivity index (χ0) is 13.9. The number of nitrogens with one attached hydrogen (secondary N) is 2. The van der Waals surface area contributed by atoms with Crippen LogP contribution in [-0.2, 0) is 4.79 Å². The molecule has 2 heterocycles. The molecule has 23 heavy (non-hydrogen) atoms. The van der Waals surface area contributed by atoms with Gasteiger partial charge in [-0.25, -0.2) is 4.68 Å². The van der Waals surface area contributed by atoms with Crippen LogP contribution >= 0.6 is 37.2 Å². The Hall–Kier alpha value is -0.530. The van der Waals surface area contributed by atoms with Crippen molar-refractivity contribution in [3.63, 3.8) is 0 Å². The number of piperazine rings is 1. The minimum atomic E-state index is 0. The molecule has 0 spiro atoms. The summed E-state index contributed by atoms with van der Waals surface area (Å²) >= 11 is 0. The molecule has 2 fully saturated rings. The Bertz CT molecular complexity index is 475. The molecule has 1 aliphatic carbocycles. The SMILES string of the molecule is CC(C1CC1)n1nccc1NC(=O)CN1CCNCC1.Cl.Cl.Cl. The summed E-state index contributed by atoms with van der Waals surface area (Å²) in [6.07, 6.45) is 4.31. The Labute approximate surface area is 156 Å². The number of carbonyl (C=O) groups excluding carboxylic acids is 1. The van der Waals surface area contributed by atoms with Crippen molar-refractivity contribution in [2.24, 2.45) is 5.92 Å². The summed E-state index contributed by atoms with van der Waals surface area (Å²) in [5, 5.41) is 10.6. The molecule has 6 nitrogen and oxygen atoms in total. The van der Waals surface area contributed by atoms with E-state index < -0.39 is 0 Å². The standard InChI is InChI=1S/C14H23N5O.3ClH/c1-11(12-2-3-12)19-13(4-5-16-19)17-14(20)10-18-8-6-15-7-9-18;;;/h4-5,11-12,15H,2-3,6-10H2,1H3,(H,17,20);3*1H. The van der Waals surface area contributed by atoms with Crippen molar-refractivity contribution in [2.75, 3.05) is 38.0 Å². The first kappa shape index (κ1) is 22.5. The lowest BCUT2D eigenvalue weighted by Crippen LogP contribution is -2.46. The lowest BCUT2D eigenvalue weighted by Gasteiger charge is -2.26. The van der Waals surface area contributed by atoms with Crippen molar-refractivity contribution in [3.8, 4) is 0 Å². The Kier molecular flexibility index (Phi) is 10.1. The van der Waals surface area contributed by atoms with Gasteiger partial charge in [-0.15, -0.1) is 37.2 Å². The molecular weight excluding hydrogens is 361 g/mol. The maximum absolute atomic E-state index is 12.1. The molecule has 3 rings (SSSR count). The van der Waals surface area contributed by atoms with Crippen LogP contribution in [0.25, 0.3) is 0 Å². The summed E-state index contributed by atoms with van der Waals surface area (Å²) in [5.74, 6) is 1.60. The van der Waals surface area contributed by atoms with Gasteiger partial charge >= 0.3 is 0 Å². The normalized spacial score (nSPS) is 18.8. The summed E-state index contributed by atoms with van der Waals surface area (Å²) in [6.45, 7) is 6.44. The van der Waals surface area contributed by atoms with E-state index in [0.29, 0.717) is 12.6 Å². The molecular formula is C14H26Cl3N5O. The Morgan fingerprint density at radius 3 is 2.61 bits per heavy atom. The highest BCUT2D eigenvalue weighted by Gasteiger charge is 2.30. The van der Waals surface area contributed by atoms with Gasteiger partial charge in [-0.05, 0) is 25.7 Å². The van der Waals surface area contributed by atoms with E-state index in [1.54, 1.807) is 6.20 Å². The number of anilines is 1. The van der Waals surface area contributed by atoms with Crippen molar-refractivity contribution >= 4 is 48.9 Å². The third-order valence-electron chi connectivity index (χ3n) is 4.20. The number of aromatic nitrogens is 2. The van der Waals surface area contributed by atoms with Gasteiger partial charge in [-0.1, -0.05) is 0 Å². The number of carbonyl (C=O) groups is 1. The van der Waals surface area contributed by atoms with Crippen LogP contribution in [0.1, 0.15) is 25.8 Å². The zero-order valence-electron chi connectivity index (χ0n) is 13.2. The summed E-state index contributed by atoms with van der Waals surface area (Å²) in [7, 11) is 0. The summed E-state index contributed by atoms with van der Waals surface area (Å²) in [5.41, 5.74) is 0. The number of amides is 1. The molecule has 134 valence electrons. The fourth-order valence-corrected chi connectivity index (χ4v) is 2.77. The van der Waals surface area contributed by atoms with Crippen molar-refractivity contribution in [2.45, 2.75) is 25.8 Å². The van der Waals surface area contributed by atoms with E-state index in [0.717, 1.165) is 37.9 Å². The van der Waals surface area contributed by atoms with Gasteiger partial charge in [0, 0.05) is 32.2 Å². The van der Waals surface area contributed by atoms with E-state index in [2.05, 4.69) is 27.6 Å². The van der Waals surface area contributed by atoms with Gasteiger partial charge in [0.2, 0.25) is 5.91 Å². The summed E-state index contributed by atoms with van der Waals surface area (Å²) in [6, 6.07) is 2.26. The molecule has 2 aliphatic rings. The van der Waals surface area contributed by atoms with E-state index >= 15 is 0 Å².